The molecule has 1 saturated carbocycles. The van der Waals surface area contributed by atoms with E-state index in [1.54, 1.807) is 6.33 Å². The van der Waals surface area contributed by atoms with Crippen molar-refractivity contribution in [1.29, 1.82) is 0 Å². The van der Waals surface area contributed by atoms with E-state index in [1.165, 1.54) is 0 Å². The largest absolute Gasteiger partial charge is 0.367 e. The molecule has 2 aromatic rings. The average molecular weight is 290 g/mol. The summed E-state index contributed by atoms with van der Waals surface area (Å²) in [5, 5.41) is 4.02. The van der Waals surface area contributed by atoms with Gasteiger partial charge in [-0.2, -0.15) is 0 Å². The molecule has 0 saturated heterocycles. The molecule has 3 rings (SSSR count). The Morgan fingerprint density at radius 2 is 2.35 bits per heavy atom. The molecule has 0 aliphatic heterocycles. The lowest BCUT2D eigenvalue weighted by atomic mass is 9.91. The van der Waals surface area contributed by atoms with E-state index < -0.39 is 0 Å². The fourth-order valence-corrected chi connectivity index (χ4v) is 2.99. The minimum atomic E-state index is 0.136. The minimum Gasteiger partial charge on any atom is -0.367 e. The summed E-state index contributed by atoms with van der Waals surface area (Å²) >= 11 is 6.24. The molecule has 0 unspecified atom stereocenters. The van der Waals surface area contributed by atoms with Crippen molar-refractivity contribution in [3.8, 4) is 0 Å². The van der Waals surface area contributed by atoms with Gasteiger partial charge in [0.05, 0.1) is 11.3 Å². The van der Waals surface area contributed by atoms with Gasteiger partial charge in [-0.05, 0) is 12.8 Å². The molecule has 0 amide bonds. The third-order valence-corrected chi connectivity index (χ3v) is 4.09. The standard InChI is InChI=1S/C14H16ClN5/c1-16-9-4-3-5-10(6-9)18-12-7-11(15)13-14(19-12)20(2)8-17-13/h7-10H,3-6H2,2H3,(H,18,19)/t9-,10-/m1/s1. The molecular formula is C14H16ClN5. The van der Waals surface area contributed by atoms with E-state index in [9.17, 15) is 0 Å². The summed E-state index contributed by atoms with van der Waals surface area (Å²) in [6.45, 7) is 7.17. The fourth-order valence-electron chi connectivity index (χ4n) is 2.75. The second-order valence-corrected chi connectivity index (χ2v) is 5.71. The second kappa shape index (κ2) is 5.29. The molecule has 1 fully saturated rings. The van der Waals surface area contributed by atoms with E-state index in [1.807, 2.05) is 17.7 Å². The van der Waals surface area contributed by atoms with Gasteiger partial charge in [0.1, 0.15) is 11.3 Å². The van der Waals surface area contributed by atoms with Gasteiger partial charge in [-0.1, -0.05) is 11.6 Å². The Kier molecular flexibility index (Phi) is 3.49. The summed E-state index contributed by atoms with van der Waals surface area (Å²) in [6, 6.07) is 2.26. The van der Waals surface area contributed by atoms with Crippen LogP contribution in [0.1, 0.15) is 25.7 Å². The molecule has 104 valence electrons. The van der Waals surface area contributed by atoms with Crippen LogP contribution in [0.3, 0.4) is 0 Å². The number of aryl methyl sites for hydroxylation is 1. The van der Waals surface area contributed by atoms with Crippen molar-refractivity contribution < 1.29 is 0 Å². The quantitative estimate of drug-likeness (QED) is 0.863. The van der Waals surface area contributed by atoms with Crippen molar-refractivity contribution in [2.75, 3.05) is 5.32 Å². The Bertz CT molecular complexity index is 672. The number of anilines is 1. The highest BCUT2D eigenvalue weighted by molar-refractivity contribution is 6.35. The fraction of sp³-hybridized carbons (Fsp3) is 0.500. The number of hydrogen-bond donors (Lipinski definition) is 1. The third kappa shape index (κ3) is 2.44. The normalized spacial score (nSPS) is 22.6. The number of rotatable bonds is 2. The Hall–Kier alpha value is -1.80. The molecule has 2 atom stereocenters. The molecule has 6 heteroatoms. The zero-order valence-electron chi connectivity index (χ0n) is 11.3. The van der Waals surface area contributed by atoms with Crippen LogP contribution in [-0.2, 0) is 7.05 Å². The predicted octanol–water partition coefficient (Wildman–Crippen LogP) is 3.26. The maximum absolute atomic E-state index is 7.17. The molecule has 0 aromatic carbocycles. The van der Waals surface area contributed by atoms with Crippen LogP contribution >= 0.6 is 11.6 Å². The van der Waals surface area contributed by atoms with Crippen molar-refractivity contribution in [3.05, 3.63) is 28.8 Å². The molecule has 5 nitrogen and oxygen atoms in total. The van der Waals surface area contributed by atoms with Gasteiger partial charge in [-0.25, -0.2) is 16.5 Å². The summed E-state index contributed by atoms with van der Waals surface area (Å²) in [6.07, 6.45) is 5.77. The van der Waals surface area contributed by atoms with Crippen LogP contribution in [0.5, 0.6) is 0 Å². The number of hydrogen-bond acceptors (Lipinski definition) is 3. The molecular weight excluding hydrogens is 274 g/mol. The van der Waals surface area contributed by atoms with Crippen LogP contribution in [0.4, 0.5) is 5.82 Å². The molecule has 0 spiro atoms. The van der Waals surface area contributed by atoms with E-state index in [4.69, 9.17) is 18.2 Å². The molecule has 1 aliphatic rings. The number of pyridine rings is 1. The first kappa shape index (κ1) is 13.2. The third-order valence-electron chi connectivity index (χ3n) is 3.80. The molecule has 20 heavy (non-hydrogen) atoms. The van der Waals surface area contributed by atoms with Crippen LogP contribution in [0.15, 0.2) is 12.4 Å². The average Bonchev–Trinajstić information content (AvgIpc) is 2.81. The highest BCUT2D eigenvalue weighted by Crippen LogP contribution is 2.27. The van der Waals surface area contributed by atoms with Crippen LogP contribution in [-0.4, -0.2) is 26.6 Å². The highest BCUT2D eigenvalue weighted by atomic mass is 35.5. The van der Waals surface area contributed by atoms with E-state index in [0.717, 1.165) is 42.7 Å². The second-order valence-electron chi connectivity index (χ2n) is 5.31. The number of nitrogens with one attached hydrogen (secondary N) is 1. The van der Waals surface area contributed by atoms with Crippen molar-refractivity contribution in [2.24, 2.45) is 7.05 Å². The first-order valence-corrected chi connectivity index (χ1v) is 7.16. The molecule has 0 bridgehead atoms. The Morgan fingerprint density at radius 3 is 3.15 bits per heavy atom. The van der Waals surface area contributed by atoms with Gasteiger partial charge in [-0.3, -0.25) is 0 Å². The minimum absolute atomic E-state index is 0.136. The molecule has 2 heterocycles. The van der Waals surface area contributed by atoms with E-state index in [2.05, 4.69) is 20.1 Å². The number of fused-ring (bicyclic) bond motifs is 1. The number of nitrogens with zero attached hydrogens (tertiary/aromatic N) is 4. The highest BCUT2D eigenvalue weighted by Gasteiger charge is 2.25. The first-order chi connectivity index (χ1) is 9.67. The number of halogens is 1. The number of imidazole rings is 1. The van der Waals surface area contributed by atoms with Gasteiger partial charge in [0, 0.05) is 32.0 Å². The van der Waals surface area contributed by atoms with Crippen LogP contribution in [0, 0.1) is 6.57 Å². The maximum atomic E-state index is 7.17. The first-order valence-electron chi connectivity index (χ1n) is 6.78. The summed E-state index contributed by atoms with van der Waals surface area (Å²) in [5.41, 5.74) is 1.50. The predicted molar refractivity (Wildman–Crippen MR) is 79.8 cm³/mol. The van der Waals surface area contributed by atoms with Gasteiger partial charge in [0.15, 0.2) is 5.65 Å². The number of aromatic nitrogens is 3. The lowest BCUT2D eigenvalue weighted by molar-refractivity contribution is 0.442. The lowest BCUT2D eigenvalue weighted by Gasteiger charge is -2.24. The Morgan fingerprint density at radius 1 is 1.50 bits per heavy atom. The van der Waals surface area contributed by atoms with Crippen molar-refractivity contribution in [2.45, 2.75) is 37.8 Å². The lowest BCUT2D eigenvalue weighted by Crippen LogP contribution is -2.28. The molecule has 1 N–H and O–H groups in total. The zero-order valence-corrected chi connectivity index (χ0v) is 12.1. The summed E-state index contributed by atoms with van der Waals surface area (Å²) in [5.74, 6) is 0.765. The van der Waals surface area contributed by atoms with Gasteiger partial charge < -0.3 is 14.7 Å². The van der Waals surface area contributed by atoms with Gasteiger partial charge in [0.2, 0.25) is 6.04 Å². The van der Waals surface area contributed by atoms with E-state index in [-0.39, 0.29) is 6.04 Å². The maximum Gasteiger partial charge on any atom is 0.225 e. The van der Waals surface area contributed by atoms with Crippen LogP contribution in [0.25, 0.3) is 16.0 Å². The molecule has 0 radical (unpaired) electrons. The van der Waals surface area contributed by atoms with Crippen molar-refractivity contribution in [3.63, 3.8) is 0 Å². The van der Waals surface area contributed by atoms with Crippen LogP contribution < -0.4 is 5.32 Å². The topological polar surface area (TPSA) is 47.1 Å². The smallest absolute Gasteiger partial charge is 0.225 e. The molecule has 1 aliphatic carbocycles. The van der Waals surface area contributed by atoms with Crippen molar-refractivity contribution >= 4 is 28.6 Å². The summed E-state index contributed by atoms with van der Waals surface area (Å²) in [4.78, 5) is 12.5. The van der Waals surface area contributed by atoms with Crippen molar-refractivity contribution in [1.82, 2.24) is 14.5 Å². The molecule has 2 aromatic heterocycles. The SMILES string of the molecule is [C-]#[N+][C@@H]1CCC[C@@H](Nc2cc(Cl)c3ncn(C)c3n2)C1. The zero-order chi connectivity index (χ0) is 14.1. The summed E-state index contributed by atoms with van der Waals surface area (Å²) < 4.78 is 1.86. The van der Waals surface area contributed by atoms with Gasteiger partial charge in [-0.15, -0.1) is 0 Å². The Labute approximate surface area is 122 Å². The van der Waals surface area contributed by atoms with E-state index >= 15 is 0 Å². The Balaban J connectivity index is 1.84. The van der Waals surface area contributed by atoms with Gasteiger partial charge in [0.25, 0.3) is 0 Å². The monoisotopic (exact) mass is 289 g/mol. The van der Waals surface area contributed by atoms with Crippen LogP contribution in [0.2, 0.25) is 5.02 Å². The van der Waals surface area contributed by atoms with Gasteiger partial charge >= 0.3 is 0 Å². The summed E-state index contributed by atoms with van der Waals surface area (Å²) in [7, 11) is 1.90. The van der Waals surface area contributed by atoms with E-state index in [0.29, 0.717) is 11.1 Å².